The molecule has 0 amide bonds. The number of benzene rings is 2. The molecule has 2 aromatic rings. The topological polar surface area (TPSA) is 12.5 Å². The first-order valence-electron chi connectivity index (χ1n) is 6.60. The number of ether oxygens (including phenoxy) is 1. The Morgan fingerprint density at radius 2 is 1.50 bits per heavy atom. The lowest BCUT2D eigenvalue weighted by atomic mass is 10.1. The summed E-state index contributed by atoms with van der Waals surface area (Å²) in [5, 5.41) is 0. The van der Waals surface area contributed by atoms with E-state index in [2.05, 4.69) is 4.74 Å². The van der Waals surface area contributed by atoms with Crippen LogP contribution in [0, 0.1) is 11.6 Å². The van der Waals surface area contributed by atoms with Crippen LogP contribution in [0.25, 0.3) is 0 Å². The Labute approximate surface area is 125 Å². The number of rotatable bonds is 6. The monoisotopic (exact) mass is 313 g/mol. The average Bonchev–Trinajstić information content (AvgIpc) is 2.44. The highest BCUT2D eigenvalue weighted by atomic mass is 19.3. The highest BCUT2D eigenvalue weighted by Crippen LogP contribution is 2.17. The second-order valence-corrected chi connectivity index (χ2v) is 4.94. The lowest BCUT2D eigenvalue weighted by molar-refractivity contribution is -0.0498. The van der Waals surface area contributed by atoms with Crippen LogP contribution in [0.4, 0.5) is 17.6 Å². The number of halogens is 4. The van der Waals surface area contributed by atoms with Crippen LogP contribution in [-0.2, 0) is 13.1 Å². The minimum absolute atomic E-state index is 0.0991. The molecule has 22 heavy (non-hydrogen) atoms. The molecule has 0 aliphatic carbocycles. The van der Waals surface area contributed by atoms with Crippen LogP contribution in [0.3, 0.4) is 0 Å². The van der Waals surface area contributed by atoms with Crippen LogP contribution in [0.5, 0.6) is 5.75 Å². The molecule has 0 bridgehead atoms. The Kier molecular flexibility index (Phi) is 5.38. The SMILES string of the molecule is CN(Cc1ccc(OC(F)F)cc1)Cc1ccc(F)c(F)c1. The van der Waals surface area contributed by atoms with Gasteiger partial charge >= 0.3 is 6.61 Å². The van der Waals surface area contributed by atoms with E-state index in [1.165, 1.54) is 18.2 Å². The van der Waals surface area contributed by atoms with Crippen LogP contribution in [0.15, 0.2) is 42.5 Å². The minimum atomic E-state index is -2.85. The summed E-state index contributed by atoms with van der Waals surface area (Å²) in [4.78, 5) is 1.90. The molecule has 0 spiro atoms. The number of hydrogen-bond acceptors (Lipinski definition) is 2. The molecule has 0 unspecified atom stereocenters. The molecule has 6 heteroatoms. The van der Waals surface area contributed by atoms with Gasteiger partial charge in [-0.15, -0.1) is 0 Å². The Morgan fingerprint density at radius 3 is 2.09 bits per heavy atom. The Morgan fingerprint density at radius 1 is 0.909 bits per heavy atom. The number of alkyl halides is 2. The second-order valence-electron chi connectivity index (χ2n) is 4.94. The van der Waals surface area contributed by atoms with Gasteiger partial charge in [-0.3, -0.25) is 4.90 Å². The van der Waals surface area contributed by atoms with Crippen LogP contribution >= 0.6 is 0 Å². The normalized spacial score (nSPS) is 11.2. The first-order valence-corrected chi connectivity index (χ1v) is 6.60. The lowest BCUT2D eigenvalue weighted by Gasteiger charge is -2.17. The van der Waals surface area contributed by atoms with Crippen LogP contribution in [0.2, 0.25) is 0 Å². The van der Waals surface area contributed by atoms with Crippen LogP contribution in [-0.4, -0.2) is 18.6 Å². The maximum atomic E-state index is 13.1. The first kappa shape index (κ1) is 16.3. The predicted molar refractivity (Wildman–Crippen MR) is 74.6 cm³/mol. The fourth-order valence-corrected chi connectivity index (χ4v) is 2.09. The highest BCUT2D eigenvalue weighted by Gasteiger charge is 2.07. The molecule has 0 heterocycles. The van der Waals surface area contributed by atoms with Gasteiger partial charge in [-0.25, -0.2) is 8.78 Å². The molecule has 0 saturated carbocycles. The third-order valence-corrected chi connectivity index (χ3v) is 3.04. The van der Waals surface area contributed by atoms with Crippen molar-refractivity contribution in [1.82, 2.24) is 4.90 Å². The summed E-state index contributed by atoms with van der Waals surface area (Å²) in [6.07, 6.45) is 0. The summed E-state index contributed by atoms with van der Waals surface area (Å²) in [6, 6.07) is 10.1. The van der Waals surface area contributed by atoms with Crippen molar-refractivity contribution in [3.63, 3.8) is 0 Å². The number of hydrogen-bond donors (Lipinski definition) is 0. The first-order chi connectivity index (χ1) is 10.4. The van der Waals surface area contributed by atoms with Gasteiger partial charge in [-0.1, -0.05) is 18.2 Å². The Bertz CT molecular complexity index is 616. The van der Waals surface area contributed by atoms with Crippen molar-refractivity contribution >= 4 is 0 Å². The van der Waals surface area contributed by atoms with Gasteiger partial charge in [0.25, 0.3) is 0 Å². The van der Waals surface area contributed by atoms with E-state index in [1.807, 2.05) is 11.9 Å². The molecule has 0 fully saturated rings. The molecule has 2 nitrogen and oxygen atoms in total. The standard InChI is InChI=1S/C16H15F4NO/c1-21(10-12-4-7-14(17)15(18)8-12)9-11-2-5-13(6-3-11)22-16(19)20/h2-8,16H,9-10H2,1H3. The largest absolute Gasteiger partial charge is 0.435 e. The van der Waals surface area contributed by atoms with Crippen molar-refractivity contribution in [2.75, 3.05) is 7.05 Å². The van der Waals surface area contributed by atoms with Gasteiger partial charge in [0, 0.05) is 13.1 Å². The smallest absolute Gasteiger partial charge is 0.387 e. The van der Waals surface area contributed by atoms with E-state index < -0.39 is 18.2 Å². The summed E-state index contributed by atoms with van der Waals surface area (Å²) >= 11 is 0. The maximum Gasteiger partial charge on any atom is 0.387 e. The van der Waals surface area contributed by atoms with E-state index in [0.717, 1.165) is 17.7 Å². The summed E-state index contributed by atoms with van der Waals surface area (Å²) in [5.74, 6) is -1.65. The zero-order valence-corrected chi connectivity index (χ0v) is 11.9. The van der Waals surface area contributed by atoms with E-state index in [-0.39, 0.29) is 5.75 Å². The number of nitrogens with zero attached hydrogens (tertiary/aromatic N) is 1. The second kappa shape index (κ2) is 7.26. The third kappa shape index (κ3) is 4.73. The molecule has 0 aromatic heterocycles. The van der Waals surface area contributed by atoms with Gasteiger partial charge in [0.2, 0.25) is 0 Å². The molecule has 0 atom stereocenters. The maximum absolute atomic E-state index is 13.1. The molecular weight excluding hydrogens is 298 g/mol. The lowest BCUT2D eigenvalue weighted by Crippen LogP contribution is -2.17. The molecule has 118 valence electrons. The van der Waals surface area contributed by atoms with Crippen molar-refractivity contribution in [2.24, 2.45) is 0 Å². The molecule has 0 aliphatic rings. The van der Waals surface area contributed by atoms with Gasteiger partial charge in [-0.2, -0.15) is 8.78 Å². The zero-order chi connectivity index (χ0) is 16.1. The third-order valence-electron chi connectivity index (χ3n) is 3.04. The quantitative estimate of drug-likeness (QED) is 0.741. The molecule has 0 N–H and O–H groups in total. The van der Waals surface area contributed by atoms with Gasteiger partial charge < -0.3 is 4.74 Å². The van der Waals surface area contributed by atoms with Gasteiger partial charge in [0.05, 0.1) is 0 Å². The van der Waals surface area contributed by atoms with Crippen molar-refractivity contribution in [3.05, 3.63) is 65.2 Å². The Balaban J connectivity index is 1.93. The minimum Gasteiger partial charge on any atom is -0.435 e. The van der Waals surface area contributed by atoms with E-state index in [9.17, 15) is 17.6 Å². The van der Waals surface area contributed by atoms with E-state index >= 15 is 0 Å². The van der Waals surface area contributed by atoms with Gasteiger partial charge in [0.1, 0.15) is 5.75 Å². The van der Waals surface area contributed by atoms with Crippen molar-refractivity contribution < 1.29 is 22.3 Å². The van der Waals surface area contributed by atoms with Gasteiger partial charge in [-0.05, 0) is 42.4 Å². The summed E-state index contributed by atoms with van der Waals surface area (Å²) in [5.41, 5.74) is 1.55. The Hall–Kier alpha value is -2.08. The summed E-state index contributed by atoms with van der Waals surface area (Å²) in [6.45, 7) is -1.87. The molecular formula is C16H15F4NO. The summed E-state index contributed by atoms with van der Waals surface area (Å²) < 4.78 is 54.4. The molecule has 0 saturated heterocycles. The van der Waals surface area contributed by atoms with Crippen molar-refractivity contribution in [1.29, 1.82) is 0 Å². The van der Waals surface area contributed by atoms with Crippen molar-refractivity contribution in [3.8, 4) is 5.75 Å². The van der Waals surface area contributed by atoms with Crippen LogP contribution < -0.4 is 4.74 Å². The fraction of sp³-hybridized carbons (Fsp3) is 0.250. The predicted octanol–water partition coefficient (Wildman–Crippen LogP) is 4.20. The summed E-state index contributed by atoms with van der Waals surface area (Å²) in [7, 11) is 1.82. The highest BCUT2D eigenvalue weighted by molar-refractivity contribution is 5.27. The molecule has 2 aromatic carbocycles. The van der Waals surface area contributed by atoms with E-state index in [4.69, 9.17) is 0 Å². The molecule has 0 aliphatic heterocycles. The van der Waals surface area contributed by atoms with E-state index in [0.29, 0.717) is 18.7 Å². The molecule has 0 radical (unpaired) electrons. The van der Waals surface area contributed by atoms with E-state index in [1.54, 1.807) is 12.1 Å². The molecule has 2 rings (SSSR count). The zero-order valence-electron chi connectivity index (χ0n) is 11.9. The van der Waals surface area contributed by atoms with Crippen molar-refractivity contribution in [2.45, 2.75) is 19.7 Å². The average molecular weight is 313 g/mol. The van der Waals surface area contributed by atoms with Crippen LogP contribution in [0.1, 0.15) is 11.1 Å². The fourth-order valence-electron chi connectivity index (χ4n) is 2.09. The van der Waals surface area contributed by atoms with Gasteiger partial charge in [0.15, 0.2) is 11.6 Å².